The van der Waals surface area contributed by atoms with Crippen LogP contribution in [0.5, 0.6) is 0 Å². The van der Waals surface area contributed by atoms with E-state index in [9.17, 15) is 13.2 Å². The van der Waals surface area contributed by atoms with Gasteiger partial charge in [-0.3, -0.25) is 0 Å². The number of hydrogen-bond donors (Lipinski definition) is 1. The van der Waals surface area contributed by atoms with Crippen molar-refractivity contribution in [2.24, 2.45) is 0 Å². The van der Waals surface area contributed by atoms with E-state index >= 15 is 0 Å². The van der Waals surface area contributed by atoms with Crippen molar-refractivity contribution in [1.29, 1.82) is 0 Å². The van der Waals surface area contributed by atoms with Gasteiger partial charge in [0.25, 0.3) is 0 Å². The van der Waals surface area contributed by atoms with Crippen LogP contribution in [-0.4, -0.2) is 0 Å². The fourth-order valence-corrected chi connectivity index (χ4v) is 2.15. The third-order valence-electron chi connectivity index (χ3n) is 2.64. The van der Waals surface area contributed by atoms with Gasteiger partial charge in [-0.25, -0.2) is 0 Å². The molecule has 1 aromatic carbocycles. The Bertz CT molecular complexity index is 400. The first-order valence-electron chi connectivity index (χ1n) is 4.53. The minimum atomic E-state index is -4.38. The lowest BCUT2D eigenvalue weighted by molar-refractivity contribution is -0.137. The van der Waals surface area contributed by atoms with E-state index in [-0.39, 0.29) is 11.1 Å². The lowest BCUT2D eigenvalue weighted by atomic mass is 10.0. The van der Waals surface area contributed by atoms with Crippen LogP contribution in [-0.2, 0) is 12.7 Å². The minimum absolute atomic E-state index is 0.0692. The molecular weight excluding hydrogens is 227 g/mol. The molecule has 1 aliphatic rings. The molecule has 2 rings (SSSR count). The number of fused-ring (bicyclic) bond motifs is 1. The summed E-state index contributed by atoms with van der Waals surface area (Å²) in [5, 5.41) is 2.88. The summed E-state index contributed by atoms with van der Waals surface area (Å²) in [6.45, 7) is 2.30. The quantitative estimate of drug-likeness (QED) is 0.726. The Kier molecular flexibility index (Phi) is 2.43. The van der Waals surface area contributed by atoms with Crippen LogP contribution < -0.4 is 5.32 Å². The van der Waals surface area contributed by atoms with Gasteiger partial charge in [-0.2, -0.15) is 13.2 Å². The van der Waals surface area contributed by atoms with Gasteiger partial charge in [-0.1, -0.05) is 17.7 Å². The first-order valence-corrected chi connectivity index (χ1v) is 4.91. The lowest BCUT2D eigenvalue weighted by Crippen LogP contribution is -2.07. The maximum atomic E-state index is 12.5. The molecule has 1 atom stereocenters. The van der Waals surface area contributed by atoms with Crippen molar-refractivity contribution in [3.05, 3.63) is 33.8 Å². The number of alkyl halides is 3. The first kappa shape index (κ1) is 10.8. The number of halogens is 4. The van der Waals surface area contributed by atoms with Gasteiger partial charge in [0.15, 0.2) is 0 Å². The summed E-state index contributed by atoms with van der Waals surface area (Å²) in [6, 6.07) is 2.61. The van der Waals surface area contributed by atoms with Gasteiger partial charge < -0.3 is 5.32 Å². The van der Waals surface area contributed by atoms with E-state index in [1.54, 1.807) is 0 Å². The molecule has 5 heteroatoms. The van der Waals surface area contributed by atoms with E-state index in [2.05, 4.69) is 5.32 Å². The standard InChI is InChI=1S/C10H9ClF3N/c1-5-6-2-3-8(10(12,13)14)9(11)7(6)4-15-5/h2-3,5,15H,4H2,1H3/t5-/m0/s1. The van der Waals surface area contributed by atoms with Crippen molar-refractivity contribution < 1.29 is 13.2 Å². The fraction of sp³-hybridized carbons (Fsp3) is 0.400. The van der Waals surface area contributed by atoms with Gasteiger partial charge in [0.2, 0.25) is 0 Å². The highest BCUT2D eigenvalue weighted by Crippen LogP contribution is 2.40. The summed E-state index contributed by atoms with van der Waals surface area (Å²) < 4.78 is 37.5. The molecule has 0 saturated carbocycles. The minimum Gasteiger partial charge on any atom is -0.306 e. The second-order valence-corrected chi connectivity index (χ2v) is 3.97. The Morgan fingerprint density at radius 1 is 1.40 bits per heavy atom. The van der Waals surface area contributed by atoms with Gasteiger partial charge in [0.1, 0.15) is 0 Å². The van der Waals surface area contributed by atoms with Crippen molar-refractivity contribution in [2.45, 2.75) is 25.7 Å². The third kappa shape index (κ3) is 1.72. The summed E-state index contributed by atoms with van der Waals surface area (Å²) >= 11 is 5.74. The van der Waals surface area contributed by atoms with Crippen LogP contribution in [0.1, 0.15) is 29.7 Å². The van der Waals surface area contributed by atoms with Gasteiger partial charge in [0.05, 0.1) is 10.6 Å². The number of benzene rings is 1. The molecule has 0 fully saturated rings. The first-order chi connectivity index (χ1) is 6.91. The van der Waals surface area contributed by atoms with E-state index < -0.39 is 11.7 Å². The zero-order valence-corrected chi connectivity index (χ0v) is 8.71. The van der Waals surface area contributed by atoms with Crippen LogP contribution in [0.2, 0.25) is 5.02 Å². The average molecular weight is 236 g/mol. The molecule has 1 aliphatic heterocycles. The summed E-state index contributed by atoms with van der Waals surface area (Å²) in [6.07, 6.45) is -4.38. The van der Waals surface area contributed by atoms with E-state index in [0.717, 1.165) is 11.6 Å². The predicted octanol–water partition coefficient (Wildman–Crippen LogP) is 3.52. The molecule has 1 N–H and O–H groups in total. The van der Waals surface area contributed by atoms with E-state index in [1.807, 2.05) is 6.92 Å². The molecule has 0 spiro atoms. The van der Waals surface area contributed by atoms with Crippen LogP contribution >= 0.6 is 11.6 Å². The van der Waals surface area contributed by atoms with Gasteiger partial charge in [0, 0.05) is 12.6 Å². The number of nitrogens with one attached hydrogen (secondary N) is 1. The van der Waals surface area contributed by atoms with Crippen LogP contribution in [0.25, 0.3) is 0 Å². The van der Waals surface area contributed by atoms with Crippen LogP contribution in [0.15, 0.2) is 12.1 Å². The molecule has 0 bridgehead atoms. The molecule has 0 aromatic heterocycles. The second-order valence-electron chi connectivity index (χ2n) is 3.60. The van der Waals surface area contributed by atoms with Crippen molar-refractivity contribution in [3.63, 3.8) is 0 Å². The zero-order valence-electron chi connectivity index (χ0n) is 7.95. The van der Waals surface area contributed by atoms with Crippen LogP contribution in [0.3, 0.4) is 0 Å². The molecule has 1 nitrogen and oxygen atoms in total. The maximum Gasteiger partial charge on any atom is 0.417 e. The van der Waals surface area contributed by atoms with E-state index in [4.69, 9.17) is 11.6 Å². The smallest absolute Gasteiger partial charge is 0.306 e. The molecule has 0 unspecified atom stereocenters. The highest BCUT2D eigenvalue weighted by Gasteiger charge is 2.35. The summed E-state index contributed by atoms with van der Waals surface area (Å²) in [5.74, 6) is 0. The second kappa shape index (κ2) is 3.39. The average Bonchev–Trinajstić information content (AvgIpc) is 2.47. The highest BCUT2D eigenvalue weighted by molar-refractivity contribution is 6.32. The molecule has 0 saturated heterocycles. The normalized spacial score (nSPS) is 20.5. The Balaban J connectivity index is 2.56. The Morgan fingerprint density at radius 3 is 2.67 bits per heavy atom. The van der Waals surface area contributed by atoms with Gasteiger partial charge in [-0.05, 0) is 24.1 Å². The summed E-state index contributed by atoms with van der Waals surface area (Å²) in [4.78, 5) is 0. The van der Waals surface area contributed by atoms with Crippen molar-refractivity contribution in [1.82, 2.24) is 5.32 Å². The number of rotatable bonds is 0. The third-order valence-corrected chi connectivity index (χ3v) is 3.07. The summed E-state index contributed by atoms with van der Waals surface area (Å²) in [5.41, 5.74) is 0.672. The lowest BCUT2D eigenvalue weighted by Gasteiger charge is -2.12. The maximum absolute atomic E-state index is 12.5. The summed E-state index contributed by atoms with van der Waals surface area (Å²) in [7, 11) is 0. The van der Waals surface area contributed by atoms with Crippen molar-refractivity contribution in [3.8, 4) is 0 Å². The van der Waals surface area contributed by atoms with Gasteiger partial charge >= 0.3 is 6.18 Å². The monoisotopic (exact) mass is 235 g/mol. The zero-order chi connectivity index (χ0) is 11.2. The fourth-order valence-electron chi connectivity index (χ4n) is 1.81. The highest BCUT2D eigenvalue weighted by atomic mass is 35.5. The van der Waals surface area contributed by atoms with Crippen molar-refractivity contribution >= 4 is 11.6 Å². The van der Waals surface area contributed by atoms with E-state index in [0.29, 0.717) is 12.1 Å². The molecule has 0 aliphatic carbocycles. The van der Waals surface area contributed by atoms with E-state index in [1.165, 1.54) is 6.07 Å². The van der Waals surface area contributed by atoms with Gasteiger partial charge in [-0.15, -0.1) is 0 Å². The molecule has 0 radical (unpaired) electrons. The van der Waals surface area contributed by atoms with Crippen molar-refractivity contribution in [2.75, 3.05) is 0 Å². The Labute approximate surface area is 90.2 Å². The van der Waals surface area contributed by atoms with Crippen LogP contribution in [0, 0.1) is 0 Å². The molecule has 82 valence electrons. The molecule has 1 heterocycles. The topological polar surface area (TPSA) is 12.0 Å². The number of hydrogen-bond acceptors (Lipinski definition) is 1. The van der Waals surface area contributed by atoms with Crippen LogP contribution in [0.4, 0.5) is 13.2 Å². The largest absolute Gasteiger partial charge is 0.417 e. The molecule has 0 amide bonds. The molecular formula is C10H9ClF3N. The Morgan fingerprint density at radius 2 is 2.07 bits per heavy atom. The molecule has 15 heavy (non-hydrogen) atoms. The Hall–Kier alpha value is -0.740. The SMILES string of the molecule is C[C@@H]1NCc2c1ccc(C(F)(F)F)c2Cl. The predicted molar refractivity (Wildman–Crippen MR) is 51.7 cm³/mol. The molecule has 1 aromatic rings.